The molecule has 6 heteroatoms. The number of carboxylic acids is 2. The topological polar surface area (TPSA) is 89.1 Å². The van der Waals surface area contributed by atoms with E-state index in [0.29, 0.717) is 12.2 Å². The standard InChI is InChI=1S/2C9H21N.C4H4O4/c2*1-4-7-10(8-5-2)9-6-3;5-3(6)1-2-4(7)8/h2*4-9H2,1-3H3;1-2H,(H,5,6)(H,7,8)/b;;2-1-. The van der Waals surface area contributed by atoms with Gasteiger partial charge in [0.15, 0.2) is 0 Å². The van der Waals surface area contributed by atoms with E-state index in [2.05, 4.69) is 41.5 Å². The molecule has 0 aliphatic heterocycles. The zero-order chi connectivity index (χ0) is 22.2. The molecule has 0 saturated heterocycles. The minimum Gasteiger partial charge on any atom is -0.545 e. The predicted molar refractivity (Wildman–Crippen MR) is 112 cm³/mol. The van der Waals surface area contributed by atoms with Gasteiger partial charge in [0, 0.05) is 0 Å². The summed E-state index contributed by atoms with van der Waals surface area (Å²) in [7, 11) is 0. The van der Waals surface area contributed by atoms with E-state index < -0.39 is 11.9 Å². The summed E-state index contributed by atoms with van der Waals surface area (Å²) in [4.78, 5) is 22.4. The van der Waals surface area contributed by atoms with Gasteiger partial charge in [-0.1, -0.05) is 41.5 Å². The molecule has 0 radical (unpaired) electrons. The van der Waals surface area contributed by atoms with Crippen LogP contribution in [0.15, 0.2) is 12.2 Å². The molecular weight excluding hydrogens is 356 g/mol. The van der Waals surface area contributed by atoms with Gasteiger partial charge >= 0.3 is 0 Å². The van der Waals surface area contributed by atoms with Crippen LogP contribution in [-0.4, -0.2) is 51.2 Å². The average Bonchev–Trinajstić information content (AvgIpc) is 2.62. The number of rotatable bonds is 14. The van der Waals surface area contributed by atoms with Crippen molar-refractivity contribution in [1.82, 2.24) is 0 Å². The zero-order valence-corrected chi connectivity index (χ0v) is 19.3. The molecule has 0 atom stereocenters. The van der Waals surface area contributed by atoms with E-state index in [1.807, 2.05) is 0 Å². The molecule has 0 bridgehead atoms. The average molecular weight is 403 g/mol. The molecule has 0 aromatic heterocycles. The van der Waals surface area contributed by atoms with E-state index in [0.717, 1.165) is 0 Å². The Morgan fingerprint density at radius 3 is 0.821 bits per heavy atom. The lowest BCUT2D eigenvalue weighted by molar-refractivity contribution is -0.900. The van der Waals surface area contributed by atoms with Crippen LogP contribution >= 0.6 is 0 Å². The molecule has 0 heterocycles. The fourth-order valence-electron chi connectivity index (χ4n) is 3.01. The van der Waals surface area contributed by atoms with Crippen molar-refractivity contribution in [2.45, 2.75) is 80.1 Å². The van der Waals surface area contributed by atoms with Crippen LogP contribution in [0, 0.1) is 0 Å². The summed E-state index contributed by atoms with van der Waals surface area (Å²) in [6, 6.07) is 0. The van der Waals surface area contributed by atoms with E-state index >= 15 is 0 Å². The van der Waals surface area contributed by atoms with Crippen molar-refractivity contribution < 1.29 is 29.6 Å². The van der Waals surface area contributed by atoms with Crippen molar-refractivity contribution in [2.24, 2.45) is 0 Å². The molecule has 0 aliphatic carbocycles. The maximum absolute atomic E-state index is 9.41. The first-order valence-electron chi connectivity index (χ1n) is 11.1. The van der Waals surface area contributed by atoms with E-state index in [1.165, 1.54) is 77.8 Å². The third-order valence-corrected chi connectivity index (χ3v) is 3.98. The van der Waals surface area contributed by atoms with Crippen molar-refractivity contribution in [2.75, 3.05) is 39.3 Å². The summed E-state index contributed by atoms with van der Waals surface area (Å²) in [6.45, 7) is 21.8. The van der Waals surface area contributed by atoms with Crippen molar-refractivity contribution in [3.05, 3.63) is 12.2 Å². The molecule has 0 amide bonds. The van der Waals surface area contributed by atoms with Crippen LogP contribution < -0.4 is 20.0 Å². The van der Waals surface area contributed by atoms with Gasteiger partial charge < -0.3 is 29.6 Å². The highest BCUT2D eigenvalue weighted by Gasteiger charge is 2.02. The van der Waals surface area contributed by atoms with Crippen LogP contribution in [0.2, 0.25) is 0 Å². The van der Waals surface area contributed by atoms with Crippen molar-refractivity contribution >= 4 is 11.9 Å². The number of hydrogen-bond donors (Lipinski definition) is 2. The van der Waals surface area contributed by atoms with Crippen LogP contribution in [0.4, 0.5) is 0 Å². The van der Waals surface area contributed by atoms with Gasteiger partial charge in [-0.15, -0.1) is 0 Å². The second kappa shape index (κ2) is 25.6. The minimum absolute atomic E-state index is 0.384. The first-order chi connectivity index (χ1) is 13.3. The molecule has 0 spiro atoms. The molecule has 168 valence electrons. The Hall–Kier alpha value is -1.40. The van der Waals surface area contributed by atoms with Crippen molar-refractivity contribution in [1.29, 1.82) is 0 Å². The molecule has 0 aromatic carbocycles. The van der Waals surface area contributed by atoms with Crippen LogP contribution in [0.1, 0.15) is 80.1 Å². The van der Waals surface area contributed by atoms with Crippen LogP contribution in [0.3, 0.4) is 0 Å². The lowest BCUT2D eigenvalue weighted by Gasteiger charge is -2.16. The van der Waals surface area contributed by atoms with E-state index in [-0.39, 0.29) is 0 Å². The number of carbonyl (C=O) groups is 2. The molecule has 2 N–H and O–H groups in total. The van der Waals surface area contributed by atoms with Crippen LogP contribution in [-0.2, 0) is 9.59 Å². The number of aliphatic carboxylic acids is 2. The quantitative estimate of drug-likeness (QED) is 0.374. The fourth-order valence-corrected chi connectivity index (χ4v) is 3.01. The highest BCUT2D eigenvalue weighted by molar-refractivity contribution is 5.87. The summed E-state index contributed by atoms with van der Waals surface area (Å²) in [6.07, 6.45) is 8.74. The Kier molecular flexibility index (Phi) is 28.6. The highest BCUT2D eigenvalue weighted by atomic mass is 16.4. The Balaban J connectivity index is -0.000000337. The normalized spacial score (nSPS) is 10.4. The first-order valence-corrected chi connectivity index (χ1v) is 11.1. The minimum atomic E-state index is -1.55. The Morgan fingerprint density at radius 1 is 0.536 bits per heavy atom. The zero-order valence-electron chi connectivity index (χ0n) is 19.3. The van der Waals surface area contributed by atoms with Gasteiger partial charge in [0.05, 0.1) is 51.2 Å². The van der Waals surface area contributed by atoms with Gasteiger partial charge in [-0.3, -0.25) is 0 Å². The second-order valence-corrected chi connectivity index (χ2v) is 6.97. The summed E-state index contributed by atoms with van der Waals surface area (Å²) in [5.74, 6) is -3.09. The van der Waals surface area contributed by atoms with Crippen molar-refractivity contribution in [3.63, 3.8) is 0 Å². The van der Waals surface area contributed by atoms with Gasteiger partial charge in [0.2, 0.25) is 0 Å². The molecule has 0 aliphatic rings. The lowest BCUT2D eigenvalue weighted by Crippen LogP contribution is -3.11. The van der Waals surface area contributed by atoms with Gasteiger partial charge in [0.25, 0.3) is 0 Å². The number of carbonyl (C=O) groups excluding carboxylic acids is 2. The van der Waals surface area contributed by atoms with Crippen molar-refractivity contribution in [3.8, 4) is 0 Å². The number of nitrogens with one attached hydrogen (secondary N) is 2. The van der Waals surface area contributed by atoms with Crippen LogP contribution in [0.5, 0.6) is 0 Å². The molecule has 6 nitrogen and oxygen atoms in total. The SMILES string of the molecule is CCC[NH+](CCC)CCC.CCC[NH+](CCC)CCC.O=C([O-])/C=C\C(=O)[O-]. The van der Waals surface area contributed by atoms with Gasteiger partial charge in [-0.05, 0) is 50.7 Å². The second-order valence-electron chi connectivity index (χ2n) is 6.97. The molecular formula is C22H46N2O4. The van der Waals surface area contributed by atoms with Gasteiger partial charge in [-0.2, -0.15) is 0 Å². The third-order valence-electron chi connectivity index (χ3n) is 3.98. The number of carboxylic acid groups (broad SMARTS) is 2. The molecule has 0 saturated carbocycles. The van der Waals surface area contributed by atoms with Gasteiger partial charge in [0.1, 0.15) is 0 Å². The molecule has 0 unspecified atom stereocenters. The number of hydrogen-bond acceptors (Lipinski definition) is 4. The van der Waals surface area contributed by atoms with Gasteiger partial charge in [-0.25, -0.2) is 0 Å². The molecule has 0 fully saturated rings. The molecule has 0 aromatic rings. The molecule has 0 rings (SSSR count). The largest absolute Gasteiger partial charge is 0.545 e. The Morgan fingerprint density at radius 2 is 0.714 bits per heavy atom. The lowest BCUT2D eigenvalue weighted by atomic mass is 10.3. The highest BCUT2D eigenvalue weighted by Crippen LogP contribution is 1.72. The summed E-state index contributed by atoms with van der Waals surface area (Å²) in [5, 5.41) is 18.8. The van der Waals surface area contributed by atoms with E-state index in [1.54, 1.807) is 9.80 Å². The van der Waals surface area contributed by atoms with E-state index in [9.17, 15) is 19.8 Å². The smallest absolute Gasteiger partial charge is 0.0768 e. The maximum Gasteiger partial charge on any atom is 0.0768 e. The maximum atomic E-state index is 9.41. The monoisotopic (exact) mass is 402 g/mol. The number of quaternary nitrogens is 2. The first kappa shape index (κ1) is 31.3. The summed E-state index contributed by atoms with van der Waals surface area (Å²) < 4.78 is 0. The Labute approximate surface area is 173 Å². The summed E-state index contributed by atoms with van der Waals surface area (Å²) in [5.41, 5.74) is 0. The Bertz CT molecular complexity index is 311. The molecule has 28 heavy (non-hydrogen) atoms. The fraction of sp³-hybridized carbons (Fsp3) is 0.818. The van der Waals surface area contributed by atoms with Crippen LogP contribution in [0.25, 0.3) is 0 Å². The summed E-state index contributed by atoms with van der Waals surface area (Å²) >= 11 is 0. The van der Waals surface area contributed by atoms with E-state index in [4.69, 9.17) is 0 Å². The predicted octanol–water partition coefficient (Wildman–Crippen LogP) is -0.755. The third kappa shape index (κ3) is 29.4.